The summed E-state index contributed by atoms with van der Waals surface area (Å²) < 4.78 is 0. The SMILES string of the molecule is CC1CCCN(c2nncc(N3CCN(C)CC3)n2)C1. The Kier molecular flexibility index (Phi) is 4.00. The maximum absolute atomic E-state index is 4.74. The molecule has 1 unspecified atom stereocenters. The zero-order chi connectivity index (χ0) is 13.9. The topological polar surface area (TPSA) is 48.4 Å². The summed E-state index contributed by atoms with van der Waals surface area (Å²) >= 11 is 0. The first-order valence-electron chi connectivity index (χ1n) is 7.60. The smallest absolute Gasteiger partial charge is 0.247 e. The quantitative estimate of drug-likeness (QED) is 0.798. The highest BCUT2D eigenvalue weighted by atomic mass is 15.4. The largest absolute Gasteiger partial charge is 0.353 e. The third-order valence-corrected chi connectivity index (χ3v) is 4.30. The molecule has 0 N–H and O–H groups in total. The highest BCUT2D eigenvalue weighted by Crippen LogP contribution is 2.21. The minimum absolute atomic E-state index is 0.722. The molecular weight excluding hydrogens is 252 g/mol. The Hall–Kier alpha value is -1.43. The van der Waals surface area contributed by atoms with Gasteiger partial charge in [-0.1, -0.05) is 6.92 Å². The fraction of sp³-hybridized carbons (Fsp3) is 0.786. The maximum Gasteiger partial charge on any atom is 0.247 e. The monoisotopic (exact) mass is 276 g/mol. The molecule has 0 radical (unpaired) electrons. The zero-order valence-corrected chi connectivity index (χ0v) is 12.5. The van der Waals surface area contributed by atoms with Crippen LogP contribution in [0.25, 0.3) is 0 Å². The molecule has 0 bridgehead atoms. The Morgan fingerprint density at radius 3 is 2.65 bits per heavy atom. The first-order valence-corrected chi connectivity index (χ1v) is 7.60. The lowest BCUT2D eigenvalue weighted by Gasteiger charge is -2.34. The van der Waals surface area contributed by atoms with E-state index in [1.54, 1.807) is 6.20 Å². The molecule has 3 heterocycles. The van der Waals surface area contributed by atoms with Crippen LogP contribution in [0.2, 0.25) is 0 Å². The first kappa shape index (κ1) is 13.5. The van der Waals surface area contributed by atoms with Gasteiger partial charge in [0, 0.05) is 39.3 Å². The lowest BCUT2D eigenvalue weighted by molar-refractivity contribution is 0.312. The van der Waals surface area contributed by atoms with Crippen molar-refractivity contribution in [2.75, 3.05) is 56.1 Å². The van der Waals surface area contributed by atoms with Crippen LogP contribution >= 0.6 is 0 Å². The number of anilines is 2. The van der Waals surface area contributed by atoms with Gasteiger partial charge in [0.2, 0.25) is 5.95 Å². The summed E-state index contributed by atoms with van der Waals surface area (Å²) in [6, 6.07) is 0. The number of aromatic nitrogens is 3. The van der Waals surface area contributed by atoms with Gasteiger partial charge in [-0.25, -0.2) is 0 Å². The van der Waals surface area contributed by atoms with E-state index in [0.717, 1.165) is 57.0 Å². The number of likely N-dealkylation sites (N-methyl/N-ethyl adjacent to an activating group) is 1. The number of piperidine rings is 1. The van der Waals surface area contributed by atoms with E-state index in [1.807, 2.05) is 0 Å². The predicted molar refractivity (Wildman–Crippen MR) is 80.1 cm³/mol. The van der Waals surface area contributed by atoms with E-state index in [4.69, 9.17) is 4.98 Å². The maximum atomic E-state index is 4.74. The van der Waals surface area contributed by atoms with Crippen LogP contribution in [0.15, 0.2) is 6.20 Å². The lowest BCUT2D eigenvalue weighted by atomic mass is 10.0. The highest BCUT2D eigenvalue weighted by molar-refractivity contribution is 5.42. The summed E-state index contributed by atoms with van der Waals surface area (Å²) in [5, 5.41) is 8.40. The van der Waals surface area contributed by atoms with Gasteiger partial charge in [-0.3, -0.25) is 0 Å². The molecule has 2 aliphatic heterocycles. The van der Waals surface area contributed by atoms with Crippen LogP contribution in [-0.4, -0.2) is 66.4 Å². The number of hydrogen-bond donors (Lipinski definition) is 0. The van der Waals surface area contributed by atoms with Gasteiger partial charge in [0.15, 0.2) is 5.82 Å². The van der Waals surface area contributed by atoms with Crippen molar-refractivity contribution in [3.05, 3.63) is 6.20 Å². The number of rotatable bonds is 2. The summed E-state index contributed by atoms with van der Waals surface area (Å²) in [7, 11) is 2.16. The van der Waals surface area contributed by atoms with Crippen molar-refractivity contribution in [2.24, 2.45) is 5.92 Å². The Morgan fingerprint density at radius 2 is 1.90 bits per heavy atom. The van der Waals surface area contributed by atoms with Crippen molar-refractivity contribution < 1.29 is 0 Å². The molecular formula is C14H24N6. The molecule has 1 atom stereocenters. The van der Waals surface area contributed by atoms with Gasteiger partial charge in [-0.05, 0) is 25.8 Å². The molecule has 3 rings (SSSR count). The number of nitrogens with zero attached hydrogens (tertiary/aromatic N) is 6. The minimum atomic E-state index is 0.722. The molecule has 6 heteroatoms. The second kappa shape index (κ2) is 5.91. The van der Waals surface area contributed by atoms with Crippen molar-refractivity contribution in [2.45, 2.75) is 19.8 Å². The van der Waals surface area contributed by atoms with E-state index >= 15 is 0 Å². The van der Waals surface area contributed by atoms with E-state index in [2.05, 4.69) is 38.9 Å². The minimum Gasteiger partial charge on any atom is -0.353 e. The standard InChI is InChI=1S/C14H24N6/c1-12-4-3-5-20(11-12)14-16-13(10-15-17-14)19-8-6-18(2)7-9-19/h10,12H,3-9,11H2,1-2H3. The van der Waals surface area contributed by atoms with Gasteiger partial charge in [0.25, 0.3) is 0 Å². The Bertz CT molecular complexity index is 443. The molecule has 1 aromatic heterocycles. The summed E-state index contributed by atoms with van der Waals surface area (Å²) in [5.41, 5.74) is 0. The molecule has 0 spiro atoms. The molecule has 2 saturated heterocycles. The van der Waals surface area contributed by atoms with Crippen LogP contribution in [0.1, 0.15) is 19.8 Å². The van der Waals surface area contributed by atoms with Crippen molar-refractivity contribution in [3.63, 3.8) is 0 Å². The van der Waals surface area contributed by atoms with Gasteiger partial charge in [-0.2, -0.15) is 10.1 Å². The van der Waals surface area contributed by atoms with E-state index in [1.165, 1.54) is 12.8 Å². The predicted octanol–water partition coefficient (Wildman–Crippen LogP) is 0.860. The van der Waals surface area contributed by atoms with Crippen LogP contribution in [0.4, 0.5) is 11.8 Å². The number of hydrogen-bond acceptors (Lipinski definition) is 6. The number of piperazine rings is 1. The first-order chi connectivity index (χ1) is 9.72. The van der Waals surface area contributed by atoms with E-state index in [9.17, 15) is 0 Å². The molecule has 110 valence electrons. The van der Waals surface area contributed by atoms with E-state index in [-0.39, 0.29) is 0 Å². The van der Waals surface area contributed by atoms with Gasteiger partial charge in [0.1, 0.15) is 0 Å². The molecule has 0 aromatic carbocycles. The van der Waals surface area contributed by atoms with Crippen LogP contribution in [0.5, 0.6) is 0 Å². The summed E-state index contributed by atoms with van der Waals surface area (Å²) in [4.78, 5) is 11.7. The molecule has 2 aliphatic rings. The highest BCUT2D eigenvalue weighted by Gasteiger charge is 2.21. The third kappa shape index (κ3) is 3.00. The van der Waals surface area contributed by atoms with Crippen molar-refractivity contribution >= 4 is 11.8 Å². The van der Waals surface area contributed by atoms with Gasteiger partial charge < -0.3 is 14.7 Å². The lowest BCUT2D eigenvalue weighted by Crippen LogP contribution is -2.45. The summed E-state index contributed by atoms with van der Waals surface area (Å²) in [5.74, 6) is 2.49. The molecule has 0 aliphatic carbocycles. The normalized spacial score (nSPS) is 25.0. The van der Waals surface area contributed by atoms with Gasteiger partial charge >= 0.3 is 0 Å². The Balaban J connectivity index is 1.72. The second-order valence-corrected chi connectivity index (χ2v) is 6.10. The molecule has 1 aromatic rings. The Morgan fingerprint density at radius 1 is 1.10 bits per heavy atom. The van der Waals surface area contributed by atoms with Crippen LogP contribution in [0.3, 0.4) is 0 Å². The van der Waals surface area contributed by atoms with Crippen molar-refractivity contribution in [1.29, 1.82) is 0 Å². The molecule has 0 amide bonds. The van der Waals surface area contributed by atoms with Crippen LogP contribution in [0, 0.1) is 5.92 Å². The van der Waals surface area contributed by atoms with Crippen LogP contribution in [-0.2, 0) is 0 Å². The van der Waals surface area contributed by atoms with E-state index < -0.39 is 0 Å². The fourth-order valence-electron chi connectivity index (χ4n) is 2.98. The molecule has 6 nitrogen and oxygen atoms in total. The van der Waals surface area contributed by atoms with Crippen molar-refractivity contribution in [3.8, 4) is 0 Å². The van der Waals surface area contributed by atoms with Crippen LogP contribution < -0.4 is 9.80 Å². The zero-order valence-electron chi connectivity index (χ0n) is 12.5. The molecule has 20 heavy (non-hydrogen) atoms. The second-order valence-electron chi connectivity index (χ2n) is 6.10. The van der Waals surface area contributed by atoms with Gasteiger partial charge in [0.05, 0.1) is 6.20 Å². The summed E-state index contributed by atoms with van der Waals surface area (Å²) in [6.07, 6.45) is 4.33. The Labute approximate surface area is 120 Å². The summed E-state index contributed by atoms with van der Waals surface area (Å²) in [6.45, 7) is 8.60. The molecule has 0 saturated carbocycles. The van der Waals surface area contributed by atoms with Crippen molar-refractivity contribution in [1.82, 2.24) is 20.1 Å². The average molecular weight is 276 g/mol. The molecule has 2 fully saturated rings. The van der Waals surface area contributed by atoms with Gasteiger partial charge in [-0.15, -0.1) is 5.10 Å². The average Bonchev–Trinajstić information content (AvgIpc) is 2.48. The third-order valence-electron chi connectivity index (χ3n) is 4.30. The van der Waals surface area contributed by atoms with E-state index in [0.29, 0.717) is 0 Å². The fourth-order valence-corrected chi connectivity index (χ4v) is 2.98.